The zero-order valence-corrected chi connectivity index (χ0v) is 39.8. The van der Waals surface area contributed by atoms with E-state index in [1.54, 1.807) is 146 Å². The van der Waals surface area contributed by atoms with Crippen molar-refractivity contribution in [3.8, 4) is 23.0 Å². The number of ketones is 1. The molecule has 0 aliphatic carbocycles. The molecule has 0 aliphatic heterocycles. The van der Waals surface area contributed by atoms with Crippen molar-refractivity contribution >= 4 is 64.8 Å². The molecule has 14 nitrogen and oxygen atoms in total. The van der Waals surface area contributed by atoms with Crippen molar-refractivity contribution in [2.24, 2.45) is 0 Å². The number of hydroxylamine groups is 1. The highest BCUT2D eigenvalue weighted by Crippen LogP contribution is 2.29. The molecule has 74 heavy (non-hydrogen) atoms. The first-order valence-corrected chi connectivity index (χ1v) is 22.4. The molecule has 0 aromatic heterocycles. The summed E-state index contributed by atoms with van der Waals surface area (Å²) in [6.45, 7) is 1.39. The van der Waals surface area contributed by atoms with Crippen molar-refractivity contribution in [1.29, 1.82) is 0 Å². The lowest BCUT2D eigenvalue weighted by atomic mass is 10.1. The average Bonchev–Trinajstić information content (AvgIpc) is 3.41. The number of amides is 3. The van der Waals surface area contributed by atoms with E-state index >= 15 is 0 Å². The number of anilines is 3. The molecule has 378 valence electrons. The summed E-state index contributed by atoms with van der Waals surface area (Å²) in [6, 6.07) is 51.3. The molecule has 0 atom stereocenters. The molecule has 17 heteroatoms. The Kier molecular flexibility index (Phi) is 21.6. The van der Waals surface area contributed by atoms with Gasteiger partial charge in [0, 0.05) is 40.9 Å². The van der Waals surface area contributed by atoms with Gasteiger partial charge in [0.15, 0.2) is 11.7 Å². The van der Waals surface area contributed by atoms with Crippen LogP contribution in [0.1, 0.15) is 44.3 Å². The summed E-state index contributed by atoms with van der Waals surface area (Å²) < 4.78 is 61.9. The Morgan fingerprint density at radius 2 is 0.932 bits per heavy atom. The molecule has 0 spiro atoms. The quantitative estimate of drug-likeness (QED) is 0.0191. The number of Topliss-reactive ketones (excluding diaryl/α,β-unsaturated/α-hetero) is 1. The minimum atomic E-state index is -1.28. The molecule has 0 saturated carbocycles. The van der Waals surface area contributed by atoms with Crippen molar-refractivity contribution in [1.82, 2.24) is 5.48 Å². The van der Waals surface area contributed by atoms with Gasteiger partial charge in [-0.2, -0.15) is 4.39 Å². The third kappa shape index (κ3) is 17.1. The Bertz CT molecular complexity index is 3130. The minimum absolute atomic E-state index is 0.0661. The molecule has 6 N–H and O–H groups in total. The number of nitrogens with one attached hydrogen (secondary N) is 3. The summed E-state index contributed by atoms with van der Waals surface area (Å²) in [5.74, 6) is -5.13. The van der Waals surface area contributed by atoms with E-state index in [0.717, 1.165) is 18.2 Å². The lowest BCUT2D eigenvalue weighted by Crippen LogP contribution is -2.18. The third-order valence-corrected chi connectivity index (χ3v) is 9.80. The largest absolute Gasteiger partial charge is 0.461 e. The molecule has 0 bridgehead atoms. The Morgan fingerprint density at radius 1 is 0.527 bits per heavy atom. The SMILES string of the molecule is CCOC(=O)/C(F)=C/c1ccccc1NC(=O)c1ccccc1Oc1ccccc1.COCC(=O)/C(F)=C/c1ccccc1N.O=C(NO)/C(F)=C/c1ccccc1NC(=O)c1ccccc1Oc1ccccc1. The predicted molar refractivity (Wildman–Crippen MR) is 276 cm³/mol. The van der Waals surface area contributed by atoms with E-state index in [-0.39, 0.29) is 30.0 Å². The van der Waals surface area contributed by atoms with E-state index < -0.39 is 47.0 Å². The molecule has 0 radical (unpaired) electrons. The fourth-order valence-corrected chi connectivity index (χ4v) is 6.28. The summed E-state index contributed by atoms with van der Waals surface area (Å²) >= 11 is 0. The van der Waals surface area contributed by atoms with Gasteiger partial charge in [-0.3, -0.25) is 24.4 Å². The first-order chi connectivity index (χ1) is 35.8. The molecule has 7 rings (SSSR count). The summed E-state index contributed by atoms with van der Waals surface area (Å²) in [5.41, 5.74) is 9.52. The Balaban J connectivity index is 0.000000217. The van der Waals surface area contributed by atoms with E-state index in [1.165, 1.54) is 18.7 Å². The Hall–Kier alpha value is -9.58. The van der Waals surface area contributed by atoms with Gasteiger partial charge in [0.2, 0.25) is 11.6 Å². The van der Waals surface area contributed by atoms with E-state index in [0.29, 0.717) is 51.1 Å². The molecule has 0 aliphatic rings. The van der Waals surface area contributed by atoms with E-state index in [2.05, 4.69) is 20.1 Å². The van der Waals surface area contributed by atoms with E-state index in [1.807, 2.05) is 36.4 Å². The van der Waals surface area contributed by atoms with Gasteiger partial charge in [0.25, 0.3) is 11.8 Å². The first-order valence-electron chi connectivity index (χ1n) is 22.4. The van der Waals surface area contributed by atoms with Crippen LogP contribution in [-0.2, 0) is 23.9 Å². The summed E-state index contributed by atoms with van der Waals surface area (Å²) in [4.78, 5) is 59.5. The lowest BCUT2D eigenvalue weighted by Gasteiger charge is -2.13. The maximum Gasteiger partial charge on any atom is 0.367 e. The van der Waals surface area contributed by atoms with Crippen LogP contribution in [0.4, 0.5) is 30.2 Å². The number of hydrogen-bond acceptors (Lipinski definition) is 11. The molecule has 0 heterocycles. The maximum atomic E-state index is 14.1. The number of nitrogens with two attached hydrogens (primary N) is 1. The normalized spacial score (nSPS) is 11.0. The van der Waals surface area contributed by atoms with Gasteiger partial charge in [-0.1, -0.05) is 115 Å². The number of para-hydroxylation sites is 7. The molecular weight excluding hydrogens is 958 g/mol. The summed E-state index contributed by atoms with van der Waals surface area (Å²) in [6.07, 6.45) is 3.05. The Morgan fingerprint density at radius 3 is 1.39 bits per heavy atom. The number of hydrogen-bond donors (Lipinski definition) is 5. The van der Waals surface area contributed by atoms with Crippen molar-refractivity contribution in [3.05, 3.63) is 227 Å². The van der Waals surface area contributed by atoms with Crippen LogP contribution in [0.3, 0.4) is 0 Å². The number of rotatable bonds is 17. The highest BCUT2D eigenvalue weighted by Gasteiger charge is 2.18. The minimum Gasteiger partial charge on any atom is -0.461 e. The second-order valence-electron chi connectivity index (χ2n) is 15.0. The van der Waals surface area contributed by atoms with Crippen LogP contribution in [-0.4, -0.2) is 55.0 Å². The van der Waals surface area contributed by atoms with Crippen molar-refractivity contribution in [3.63, 3.8) is 0 Å². The van der Waals surface area contributed by atoms with Gasteiger partial charge >= 0.3 is 11.9 Å². The molecule has 3 amide bonds. The summed E-state index contributed by atoms with van der Waals surface area (Å²) in [7, 11) is 1.34. The fourth-order valence-electron chi connectivity index (χ4n) is 6.28. The molecule has 0 fully saturated rings. The number of methoxy groups -OCH3 is 1. The van der Waals surface area contributed by atoms with Gasteiger partial charge in [-0.15, -0.1) is 0 Å². The van der Waals surface area contributed by atoms with Gasteiger partial charge in [-0.25, -0.2) is 19.1 Å². The van der Waals surface area contributed by atoms with E-state index in [4.69, 9.17) is 20.4 Å². The van der Waals surface area contributed by atoms with Crippen LogP contribution >= 0.6 is 0 Å². The average molecular weight is 1010 g/mol. The van der Waals surface area contributed by atoms with Gasteiger partial charge in [-0.05, 0) is 91.9 Å². The number of esters is 1. The number of nitrogen functional groups attached to an aromatic ring is 1. The number of halogens is 3. The van der Waals surface area contributed by atoms with Crippen LogP contribution in [0, 0.1) is 0 Å². The lowest BCUT2D eigenvalue weighted by molar-refractivity contribution is -0.140. The molecular formula is C57H49F3N4O10. The van der Waals surface area contributed by atoms with Crippen LogP contribution < -0.4 is 31.3 Å². The molecule has 7 aromatic carbocycles. The zero-order valence-electron chi connectivity index (χ0n) is 39.8. The highest BCUT2D eigenvalue weighted by molar-refractivity contribution is 6.08. The van der Waals surface area contributed by atoms with Crippen LogP contribution in [0.25, 0.3) is 18.2 Å². The van der Waals surface area contributed by atoms with Crippen molar-refractivity contribution in [2.75, 3.05) is 36.7 Å². The van der Waals surface area contributed by atoms with Crippen LogP contribution in [0.5, 0.6) is 23.0 Å². The van der Waals surface area contributed by atoms with Gasteiger partial charge in [0.05, 0.1) is 17.7 Å². The predicted octanol–water partition coefficient (Wildman–Crippen LogP) is 11.9. The standard InChI is InChI=1S/C24H20FNO4.C22H17FN2O4.C11H12FNO2/c1-2-29-24(28)20(25)16-17-10-6-8-14-21(17)26-23(27)19-13-7-9-15-22(19)30-18-11-4-3-5-12-18;23-18(22(27)25-28)14-15-8-4-6-12-19(15)24-21(26)17-11-5-7-13-20(17)29-16-9-2-1-3-10-16;1-15-7-11(14)9(12)6-8-4-2-3-5-10(8)13/h3-16H,2H2,1H3,(H,26,27);1-14,28H,(H,24,26)(H,25,27);2-6H,7,13H2,1H3/b20-16-;18-14-;9-6-. The number of carbonyl (C=O) groups is 5. The Labute approximate surface area is 424 Å². The highest BCUT2D eigenvalue weighted by atomic mass is 19.1. The fraction of sp³-hybridized carbons (Fsp3) is 0.0702. The maximum absolute atomic E-state index is 14.1. The number of benzene rings is 7. The van der Waals surface area contributed by atoms with Crippen LogP contribution in [0.2, 0.25) is 0 Å². The van der Waals surface area contributed by atoms with Crippen molar-refractivity contribution < 1.29 is 61.3 Å². The topological polar surface area (TPSA) is 205 Å². The van der Waals surface area contributed by atoms with Gasteiger partial charge < -0.3 is 35.3 Å². The second-order valence-corrected chi connectivity index (χ2v) is 15.0. The van der Waals surface area contributed by atoms with Crippen LogP contribution in [0.15, 0.2) is 199 Å². The zero-order chi connectivity index (χ0) is 53.2. The number of carbonyl (C=O) groups excluding carboxylic acids is 5. The van der Waals surface area contributed by atoms with Gasteiger partial charge in [0.1, 0.15) is 29.6 Å². The molecule has 0 unspecified atom stereocenters. The monoisotopic (exact) mass is 1010 g/mol. The second kappa shape index (κ2) is 28.9. The molecule has 7 aromatic rings. The molecule has 0 saturated heterocycles. The summed E-state index contributed by atoms with van der Waals surface area (Å²) in [5, 5.41) is 14.0. The smallest absolute Gasteiger partial charge is 0.367 e. The number of ether oxygens (including phenoxy) is 4. The van der Waals surface area contributed by atoms with E-state index in [9.17, 15) is 37.1 Å². The van der Waals surface area contributed by atoms with Crippen molar-refractivity contribution in [2.45, 2.75) is 6.92 Å². The first kappa shape index (κ1) is 55.3. The third-order valence-electron chi connectivity index (χ3n) is 9.80.